The summed E-state index contributed by atoms with van der Waals surface area (Å²) in [7, 11) is 0. The second-order valence-electron chi connectivity index (χ2n) is 4.54. The van der Waals surface area contributed by atoms with Crippen molar-refractivity contribution in [2.24, 2.45) is 5.92 Å². The quantitative estimate of drug-likeness (QED) is 0.857. The lowest BCUT2D eigenvalue weighted by Crippen LogP contribution is -2.35. The molecule has 0 bridgehead atoms. The zero-order valence-electron chi connectivity index (χ0n) is 10.6. The summed E-state index contributed by atoms with van der Waals surface area (Å²) in [6.45, 7) is 6.54. The molecule has 0 radical (unpaired) electrons. The highest BCUT2D eigenvalue weighted by atomic mass is 35.5. The summed E-state index contributed by atoms with van der Waals surface area (Å²) in [6, 6.07) is 0. The zero-order chi connectivity index (χ0) is 13.0. The van der Waals surface area contributed by atoms with Crippen LogP contribution in [0.15, 0.2) is 0 Å². The molecule has 0 atom stereocenters. The third-order valence-corrected chi connectivity index (χ3v) is 3.50. The van der Waals surface area contributed by atoms with Gasteiger partial charge in [0.15, 0.2) is 0 Å². The molecule has 18 heavy (non-hydrogen) atoms. The minimum absolute atomic E-state index is 0.130. The van der Waals surface area contributed by atoms with Gasteiger partial charge in [0.05, 0.1) is 0 Å². The molecule has 0 aliphatic carbocycles. The molecule has 0 unspecified atom stereocenters. The Bertz CT molecular complexity index is 371. The third kappa shape index (κ3) is 3.68. The number of anilines is 2. The number of likely N-dealkylation sites (tertiary alicyclic amines) is 1. The average molecular weight is 271 g/mol. The lowest BCUT2D eigenvalue weighted by Gasteiger charge is -2.30. The maximum Gasteiger partial charge on any atom is 0.228 e. The molecule has 0 amide bonds. The Morgan fingerprint density at radius 3 is 2.67 bits per heavy atom. The van der Waals surface area contributed by atoms with Crippen LogP contribution in [0.5, 0.6) is 0 Å². The highest BCUT2D eigenvalue weighted by Gasteiger charge is 2.18. The maximum absolute atomic E-state index is 5.72. The molecule has 1 saturated heterocycles. The number of nitrogen functional groups attached to an aromatic ring is 1. The van der Waals surface area contributed by atoms with E-state index in [0.29, 0.717) is 11.9 Å². The van der Waals surface area contributed by atoms with E-state index >= 15 is 0 Å². The molecular formula is C11H19ClN6. The molecule has 0 saturated carbocycles. The van der Waals surface area contributed by atoms with Crippen LogP contribution in [-0.2, 0) is 0 Å². The van der Waals surface area contributed by atoms with E-state index in [1.807, 2.05) is 0 Å². The Kier molecular flexibility index (Phi) is 4.54. The number of nitrogens with two attached hydrogens (primary N) is 1. The molecule has 6 nitrogen and oxygen atoms in total. The predicted octanol–water partition coefficient (Wildman–Crippen LogP) is 1.25. The smallest absolute Gasteiger partial charge is 0.228 e. The monoisotopic (exact) mass is 270 g/mol. The van der Waals surface area contributed by atoms with Gasteiger partial charge < -0.3 is 16.0 Å². The number of halogens is 1. The Morgan fingerprint density at radius 1 is 1.33 bits per heavy atom. The first-order valence-corrected chi connectivity index (χ1v) is 6.68. The van der Waals surface area contributed by atoms with Crippen LogP contribution in [0.2, 0.25) is 5.28 Å². The van der Waals surface area contributed by atoms with Crippen LogP contribution in [0.3, 0.4) is 0 Å². The molecule has 100 valence electrons. The molecule has 7 heteroatoms. The van der Waals surface area contributed by atoms with Crippen molar-refractivity contribution in [1.82, 2.24) is 19.9 Å². The van der Waals surface area contributed by atoms with E-state index in [9.17, 15) is 0 Å². The van der Waals surface area contributed by atoms with Crippen LogP contribution in [0.25, 0.3) is 0 Å². The average Bonchev–Trinajstić information content (AvgIpc) is 2.36. The third-order valence-electron chi connectivity index (χ3n) is 3.33. The Labute approximate surface area is 112 Å². The van der Waals surface area contributed by atoms with Gasteiger partial charge in [0.1, 0.15) is 0 Å². The SMILES string of the molecule is CCN1CCC(CNc2nc(N)nc(Cl)n2)CC1. The molecule has 0 aromatic carbocycles. The van der Waals surface area contributed by atoms with Crippen molar-refractivity contribution < 1.29 is 0 Å². The highest BCUT2D eigenvalue weighted by Crippen LogP contribution is 2.17. The Hall–Kier alpha value is -1.14. The van der Waals surface area contributed by atoms with E-state index in [1.54, 1.807) is 0 Å². The number of hydrogen-bond acceptors (Lipinski definition) is 6. The summed E-state index contributed by atoms with van der Waals surface area (Å²) in [5.41, 5.74) is 5.51. The first-order valence-electron chi connectivity index (χ1n) is 6.30. The molecule has 1 fully saturated rings. The molecule has 1 aromatic heterocycles. The summed E-state index contributed by atoms with van der Waals surface area (Å²) in [5.74, 6) is 1.27. The van der Waals surface area contributed by atoms with Gasteiger partial charge in [-0.1, -0.05) is 6.92 Å². The number of hydrogen-bond donors (Lipinski definition) is 2. The van der Waals surface area contributed by atoms with Gasteiger partial charge in [-0.3, -0.25) is 0 Å². The molecule has 1 aliphatic heterocycles. The van der Waals surface area contributed by atoms with Crippen molar-refractivity contribution in [2.45, 2.75) is 19.8 Å². The fourth-order valence-corrected chi connectivity index (χ4v) is 2.35. The van der Waals surface area contributed by atoms with E-state index in [2.05, 4.69) is 32.1 Å². The van der Waals surface area contributed by atoms with E-state index in [4.69, 9.17) is 17.3 Å². The number of aromatic nitrogens is 3. The van der Waals surface area contributed by atoms with Crippen molar-refractivity contribution in [3.63, 3.8) is 0 Å². The van der Waals surface area contributed by atoms with Gasteiger partial charge in [0, 0.05) is 6.54 Å². The number of nitrogens with zero attached hydrogens (tertiary/aromatic N) is 4. The second kappa shape index (κ2) is 6.15. The molecule has 0 spiro atoms. The summed E-state index contributed by atoms with van der Waals surface area (Å²) >= 11 is 5.72. The van der Waals surface area contributed by atoms with Crippen molar-refractivity contribution in [3.05, 3.63) is 5.28 Å². The van der Waals surface area contributed by atoms with Gasteiger partial charge in [-0.15, -0.1) is 0 Å². The molecule has 2 heterocycles. The topological polar surface area (TPSA) is 80.0 Å². The normalized spacial score (nSPS) is 17.9. The summed E-state index contributed by atoms with van der Waals surface area (Å²) in [5, 5.41) is 3.31. The van der Waals surface area contributed by atoms with Crippen LogP contribution < -0.4 is 11.1 Å². The number of rotatable bonds is 4. The van der Waals surface area contributed by atoms with Gasteiger partial charge >= 0.3 is 0 Å². The summed E-state index contributed by atoms with van der Waals surface area (Å²) < 4.78 is 0. The summed E-state index contributed by atoms with van der Waals surface area (Å²) in [6.07, 6.45) is 2.41. The molecule has 2 rings (SSSR count). The van der Waals surface area contributed by atoms with Gasteiger partial charge in [0.25, 0.3) is 0 Å². The standard InChI is InChI=1S/C11H19ClN6/c1-2-18-5-3-8(4-6-18)7-14-11-16-9(12)15-10(13)17-11/h8H,2-7H2,1H3,(H3,13,14,15,16,17). The first kappa shape index (κ1) is 13.3. The van der Waals surface area contributed by atoms with Crippen molar-refractivity contribution in [3.8, 4) is 0 Å². The predicted molar refractivity (Wildman–Crippen MR) is 72.6 cm³/mol. The largest absolute Gasteiger partial charge is 0.368 e. The van der Waals surface area contributed by atoms with E-state index in [0.717, 1.165) is 13.1 Å². The van der Waals surface area contributed by atoms with Crippen LogP contribution in [-0.4, -0.2) is 46.0 Å². The summed E-state index contributed by atoms with van der Waals surface area (Å²) in [4.78, 5) is 14.2. The number of piperidine rings is 1. The van der Waals surface area contributed by atoms with Crippen LogP contribution in [0.4, 0.5) is 11.9 Å². The molecular weight excluding hydrogens is 252 g/mol. The van der Waals surface area contributed by atoms with E-state index in [-0.39, 0.29) is 11.2 Å². The van der Waals surface area contributed by atoms with Crippen molar-refractivity contribution in [1.29, 1.82) is 0 Å². The second-order valence-corrected chi connectivity index (χ2v) is 4.88. The fourth-order valence-electron chi connectivity index (χ4n) is 2.19. The lowest BCUT2D eigenvalue weighted by atomic mass is 9.97. The minimum Gasteiger partial charge on any atom is -0.368 e. The van der Waals surface area contributed by atoms with E-state index in [1.165, 1.54) is 25.9 Å². The van der Waals surface area contributed by atoms with Crippen LogP contribution in [0.1, 0.15) is 19.8 Å². The first-order chi connectivity index (χ1) is 8.67. The highest BCUT2D eigenvalue weighted by molar-refractivity contribution is 6.28. The van der Waals surface area contributed by atoms with Gasteiger partial charge in [-0.25, -0.2) is 0 Å². The fraction of sp³-hybridized carbons (Fsp3) is 0.727. The van der Waals surface area contributed by atoms with Gasteiger partial charge in [0.2, 0.25) is 17.2 Å². The van der Waals surface area contributed by atoms with Gasteiger partial charge in [-0.05, 0) is 50.0 Å². The lowest BCUT2D eigenvalue weighted by molar-refractivity contribution is 0.198. The molecule has 1 aromatic rings. The molecule has 3 N–H and O–H groups in total. The van der Waals surface area contributed by atoms with Crippen LogP contribution >= 0.6 is 11.6 Å². The van der Waals surface area contributed by atoms with Gasteiger partial charge in [-0.2, -0.15) is 15.0 Å². The minimum atomic E-state index is 0.130. The maximum atomic E-state index is 5.72. The van der Waals surface area contributed by atoms with Crippen LogP contribution in [0, 0.1) is 5.92 Å². The van der Waals surface area contributed by atoms with E-state index < -0.39 is 0 Å². The Balaban J connectivity index is 1.81. The zero-order valence-corrected chi connectivity index (χ0v) is 11.3. The molecule has 1 aliphatic rings. The number of nitrogens with one attached hydrogen (secondary N) is 1. The van der Waals surface area contributed by atoms with Crippen molar-refractivity contribution in [2.75, 3.05) is 37.2 Å². The van der Waals surface area contributed by atoms with Crippen molar-refractivity contribution >= 4 is 23.5 Å². The Morgan fingerprint density at radius 2 is 2.06 bits per heavy atom.